The average molecular weight is 473 g/mol. The van der Waals surface area contributed by atoms with E-state index in [1.54, 1.807) is 18.2 Å². The molecule has 3 N–H and O–H groups in total. The zero-order chi connectivity index (χ0) is 22.7. The van der Waals surface area contributed by atoms with Crippen LogP contribution in [0, 0.1) is 0 Å². The number of hydrogen-bond donors (Lipinski definition) is 2. The Morgan fingerprint density at radius 1 is 1.19 bits per heavy atom. The molecule has 0 saturated carbocycles. The van der Waals surface area contributed by atoms with Gasteiger partial charge in [-0.25, -0.2) is 19.3 Å². The summed E-state index contributed by atoms with van der Waals surface area (Å²) in [6.07, 6.45) is 1.87. The molecule has 0 spiro atoms. The standard InChI is InChI=1S/C22H28N6O2S2/c1-15(2)30-20-6-5-17(32(23)29)12-18(20)25-22-26-19(14-31-22)16-4-7-21(24-13-16)28-10-8-27(3)9-11-28/h4-7,12-15H,8-11,23H2,1-3H3,(H,25,26). The molecule has 0 radical (unpaired) electrons. The first-order valence-corrected chi connectivity index (χ1v) is 12.6. The van der Waals surface area contributed by atoms with Crippen LogP contribution in [0.3, 0.4) is 0 Å². The summed E-state index contributed by atoms with van der Waals surface area (Å²) < 4.78 is 17.6. The summed E-state index contributed by atoms with van der Waals surface area (Å²) in [6, 6.07) is 9.34. The van der Waals surface area contributed by atoms with E-state index in [1.807, 2.05) is 25.4 Å². The first kappa shape index (κ1) is 22.7. The predicted molar refractivity (Wildman–Crippen MR) is 131 cm³/mol. The number of nitrogens with zero attached hydrogens (tertiary/aromatic N) is 4. The van der Waals surface area contributed by atoms with E-state index in [-0.39, 0.29) is 6.10 Å². The lowest BCUT2D eigenvalue weighted by Gasteiger charge is -2.33. The molecule has 1 aromatic carbocycles. The fraction of sp³-hybridized carbons (Fsp3) is 0.364. The van der Waals surface area contributed by atoms with Crippen LogP contribution in [0.5, 0.6) is 5.75 Å². The van der Waals surface area contributed by atoms with Gasteiger partial charge < -0.3 is 19.9 Å². The maximum Gasteiger partial charge on any atom is 0.187 e. The molecule has 1 saturated heterocycles. The third-order valence-corrected chi connectivity index (χ3v) is 6.64. The number of piperazine rings is 1. The van der Waals surface area contributed by atoms with Gasteiger partial charge in [0.15, 0.2) is 5.13 Å². The Morgan fingerprint density at radius 2 is 1.97 bits per heavy atom. The molecule has 3 heterocycles. The quantitative estimate of drug-likeness (QED) is 0.543. The SMILES string of the molecule is CC(C)Oc1ccc(S(N)=O)cc1Nc1nc(-c2ccc(N3CCN(C)CC3)nc2)cs1. The number of thiazole rings is 1. The highest BCUT2D eigenvalue weighted by atomic mass is 32.2. The number of nitrogens with one attached hydrogen (secondary N) is 1. The van der Waals surface area contributed by atoms with Gasteiger partial charge in [-0.2, -0.15) is 0 Å². The third kappa shape index (κ3) is 5.44. The van der Waals surface area contributed by atoms with Gasteiger partial charge in [0.2, 0.25) is 0 Å². The van der Waals surface area contributed by atoms with Crippen molar-refractivity contribution in [2.45, 2.75) is 24.8 Å². The monoisotopic (exact) mass is 472 g/mol. The van der Waals surface area contributed by atoms with Gasteiger partial charge in [0.05, 0.1) is 22.4 Å². The van der Waals surface area contributed by atoms with Crippen LogP contribution in [0.2, 0.25) is 0 Å². The number of nitrogens with two attached hydrogens (primary N) is 1. The van der Waals surface area contributed by atoms with Crippen LogP contribution in [0.4, 0.5) is 16.6 Å². The van der Waals surface area contributed by atoms with Gasteiger partial charge >= 0.3 is 0 Å². The molecule has 4 rings (SSSR count). The first-order valence-electron chi connectivity index (χ1n) is 10.5. The molecular weight excluding hydrogens is 444 g/mol. The molecule has 1 fully saturated rings. The van der Waals surface area contributed by atoms with Crippen LogP contribution < -0.4 is 20.1 Å². The Kier molecular flexibility index (Phi) is 7.04. The van der Waals surface area contributed by atoms with Crippen molar-refractivity contribution >= 4 is 39.0 Å². The maximum atomic E-state index is 11.7. The van der Waals surface area contributed by atoms with Crippen LogP contribution in [0.25, 0.3) is 11.3 Å². The van der Waals surface area contributed by atoms with Crippen LogP contribution in [-0.2, 0) is 11.0 Å². The number of aromatic nitrogens is 2. The highest BCUT2D eigenvalue weighted by Crippen LogP contribution is 2.33. The number of hydrogen-bond acceptors (Lipinski definition) is 8. The highest BCUT2D eigenvalue weighted by molar-refractivity contribution is 7.82. The predicted octanol–water partition coefficient (Wildman–Crippen LogP) is 3.47. The summed E-state index contributed by atoms with van der Waals surface area (Å²) in [5.41, 5.74) is 2.49. The molecule has 1 unspecified atom stereocenters. The van der Waals surface area contributed by atoms with E-state index >= 15 is 0 Å². The largest absolute Gasteiger partial charge is 0.489 e. The van der Waals surface area contributed by atoms with E-state index in [4.69, 9.17) is 14.9 Å². The van der Waals surface area contributed by atoms with E-state index in [0.29, 0.717) is 21.5 Å². The van der Waals surface area contributed by atoms with E-state index in [1.165, 1.54) is 11.3 Å². The number of rotatable bonds is 7. The van der Waals surface area contributed by atoms with Crippen LogP contribution in [0.15, 0.2) is 46.8 Å². The number of benzene rings is 1. The Hall–Kier alpha value is -2.53. The van der Waals surface area contributed by atoms with Crippen LogP contribution >= 0.6 is 11.3 Å². The molecular formula is C22H28N6O2S2. The minimum atomic E-state index is -1.58. The molecule has 0 bridgehead atoms. The molecule has 3 aromatic rings. The van der Waals surface area contributed by atoms with Crippen molar-refractivity contribution in [1.29, 1.82) is 0 Å². The molecule has 1 aliphatic heterocycles. The number of ether oxygens (including phenoxy) is 1. The molecule has 8 nitrogen and oxygen atoms in total. The molecule has 10 heteroatoms. The second-order valence-electron chi connectivity index (χ2n) is 7.98. The van der Waals surface area contributed by atoms with Gasteiger partial charge in [-0.15, -0.1) is 11.3 Å². The average Bonchev–Trinajstić information content (AvgIpc) is 3.24. The van der Waals surface area contributed by atoms with Gasteiger partial charge in [0.1, 0.15) is 22.6 Å². The maximum absolute atomic E-state index is 11.7. The van der Waals surface area contributed by atoms with Crippen LogP contribution in [-0.4, -0.2) is 58.4 Å². The van der Waals surface area contributed by atoms with Gasteiger partial charge in [-0.1, -0.05) is 0 Å². The molecule has 0 aliphatic carbocycles. The van der Waals surface area contributed by atoms with E-state index < -0.39 is 11.0 Å². The number of likely N-dealkylation sites (N-methyl/N-ethyl adjacent to an activating group) is 1. The topological polar surface area (TPSA) is 96.6 Å². The molecule has 32 heavy (non-hydrogen) atoms. The summed E-state index contributed by atoms with van der Waals surface area (Å²) in [5.74, 6) is 1.65. The fourth-order valence-corrected chi connectivity index (χ4v) is 4.60. The molecule has 170 valence electrons. The summed E-state index contributed by atoms with van der Waals surface area (Å²) in [7, 11) is 0.567. The minimum Gasteiger partial charge on any atom is -0.489 e. The molecule has 1 atom stereocenters. The second-order valence-corrected chi connectivity index (χ2v) is 9.90. The summed E-state index contributed by atoms with van der Waals surface area (Å²) in [4.78, 5) is 14.5. The lowest BCUT2D eigenvalue weighted by Crippen LogP contribution is -2.44. The zero-order valence-electron chi connectivity index (χ0n) is 18.4. The highest BCUT2D eigenvalue weighted by Gasteiger charge is 2.16. The molecule has 2 aromatic heterocycles. The third-order valence-electron chi connectivity index (χ3n) is 5.16. The van der Waals surface area contributed by atoms with Crippen molar-refractivity contribution in [3.05, 3.63) is 41.9 Å². The van der Waals surface area contributed by atoms with Gasteiger partial charge in [-0.05, 0) is 51.2 Å². The molecule has 1 aliphatic rings. The van der Waals surface area contributed by atoms with Crippen molar-refractivity contribution < 1.29 is 8.95 Å². The van der Waals surface area contributed by atoms with Crippen molar-refractivity contribution in [2.24, 2.45) is 5.14 Å². The number of anilines is 3. The fourth-order valence-electron chi connectivity index (χ4n) is 3.43. The van der Waals surface area contributed by atoms with Crippen molar-refractivity contribution in [3.8, 4) is 17.0 Å². The second kappa shape index (κ2) is 9.95. The lowest BCUT2D eigenvalue weighted by atomic mass is 10.2. The number of pyridine rings is 1. The Balaban J connectivity index is 1.50. The Bertz CT molecular complexity index is 1080. The smallest absolute Gasteiger partial charge is 0.187 e. The van der Waals surface area contributed by atoms with E-state index in [9.17, 15) is 4.21 Å². The molecule has 0 amide bonds. The summed E-state index contributed by atoms with van der Waals surface area (Å²) >= 11 is 1.48. The normalized spacial score (nSPS) is 15.7. The summed E-state index contributed by atoms with van der Waals surface area (Å²) in [5, 5.41) is 11.5. The van der Waals surface area contributed by atoms with Crippen molar-refractivity contribution in [1.82, 2.24) is 14.9 Å². The first-order chi connectivity index (χ1) is 15.4. The van der Waals surface area contributed by atoms with E-state index in [0.717, 1.165) is 43.3 Å². The Morgan fingerprint density at radius 3 is 2.62 bits per heavy atom. The lowest BCUT2D eigenvalue weighted by molar-refractivity contribution is 0.243. The van der Waals surface area contributed by atoms with E-state index in [2.05, 4.69) is 39.3 Å². The van der Waals surface area contributed by atoms with Gasteiger partial charge in [-0.3, -0.25) is 0 Å². The van der Waals surface area contributed by atoms with Gasteiger partial charge in [0.25, 0.3) is 0 Å². The zero-order valence-corrected chi connectivity index (χ0v) is 20.1. The van der Waals surface area contributed by atoms with Crippen molar-refractivity contribution in [2.75, 3.05) is 43.4 Å². The Labute approximate surface area is 195 Å². The van der Waals surface area contributed by atoms with Gasteiger partial charge in [0, 0.05) is 43.3 Å². The van der Waals surface area contributed by atoms with Crippen molar-refractivity contribution in [3.63, 3.8) is 0 Å². The summed E-state index contributed by atoms with van der Waals surface area (Å²) in [6.45, 7) is 7.98. The van der Waals surface area contributed by atoms with Crippen LogP contribution in [0.1, 0.15) is 13.8 Å². The minimum absolute atomic E-state index is 0.00141.